The van der Waals surface area contributed by atoms with E-state index in [4.69, 9.17) is 4.74 Å². The van der Waals surface area contributed by atoms with E-state index in [2.05, 4.69) is 40.0 Å². The van der Waals surface area contributed by atoms with Gasteiger partial charge in [-0.3, -0.25) is 4.90 Å². The van der Waals surface area contributed by atoms with Gasteiger partial charge in [-0.25, -0.2) is 4.79 Å². The van der Waals surface area contributed by atoms with Crippen LogP contribution in [0.25, 0.3) is 0 Å². The number of nitrogens with one attached hydrogen (secondary N) is 2. The Morgan fingerprint density at radius 2 is 1.96 bits per heavy atom. The maximum absolute atomic E-state index is 12.1. The van der Waals surface area contributed by atoms with E-state index in [0.717, 1.165) is 25.3 Å². The number of amides is 2. The van der Waals surface area contributed by atoms with Crippen LogP contribution >= 0.6 is 11.3 Å². The Hall–Kier alpha value is -2.05. The van der Waals surface area contributed by atoms with Crippen LogP contribution in [0.4, 0.5) is 4.79 Å². The van der Waals surface area contributed by atoms with Gasteiger partial charge in [0.2, 0.25) is 0 Å². The lowest BCUT2D eigenvalue weighted by molar-refractivity contribution is 0.221. The summed E-state index contributed by atoms with van der Waals surface area (Å²) >= 11 is 1.76. The minimum Gasteiger partial charge on any atom is -0.494 e. The molecular weight excluding hydrogens is 358 g/mol. The Morgan fingerprint density at radius 3 is 2.67 bits per heavy atom. The first-order valence-electron chi connectivity index (χ1n) is 9.71. The van der Waals surface area contributed by atoms with Gasteiger partial charge < -0.3 is 15.4 Å². The number of likely N-dealkylation sites (tertiary alicyclic amines) is 1. The van der Waals surface area contributed by atoms with Crippen molar-refractivity contribution in [2.24, 2.45) is 0 Å². The standard InChI is InChI=1S/C21H29N3O2S/c1-17-7-9-18(10-8-17)26-14-5-11-22-21(25)23-16-19(20-6-4-15-27-20)24-12-2-3-13-24/h4,6-10,15,19H,2-3,5,11-14,16H2,1H3,(H2,22,23,25). The van der Waals surface area contributed by atoms with Crippen molar-refractivity contribution >= 4 is 17.4 Å². The first-order valence-corrected chi connectivity index (χ1v) is 10.6. The van der Waals surface area contributed by atoms with E-state index in [9.17, 15) is 4.79 Å². The molecule has 1 aromatic carbocycles. The molecule has 3 rings (SSSR count). The lowest BCUT2D eigenvalue weighted by Crippen LogP contribution is -2.41. The molecule has 146 valence electrons. The largest absolute Gasteiger partial charge is 0.494 e. The van der Waals surface area contributed by atoms with Crippen molar-refractivity contribution in [1.82, 2.24) is 15.5 Å². The molecule has 1 fully saturated rings. The Bertz CT molecular complexity index is 682. The molecule has 0 bridgehead atoms. The zero-order chi connectivity index (χ0) is 18.9. The SMILES string of the molecule is Cc1ccc(OCCCNC(=O)NCC(c2cccs2)N2CCCC2)cc1. The van der Waals surface area contributed by atoms with Gasteiger partial charge in [-0.15, -0.1) is 11.3 Å². The Balaban J connectivity index is 1.34. The van der Waals surface area contributed by atoms with Crippen molar-refractivity contribution in [3.05, 3.63) is 52.2 Å². The zero-order valence-electron chi connectivity index (χ0n) is 15.9. The van der Waals surface area contributed by atoms with Crippen molar-refractivity contribution in [1.29, 1.82) is 0 Å². The van der Waals surface area contributed by atoms with Crippen LogP contribution in [0.3, 0.4) is 0 Å². The first-order chi connectivity index (χ1) is 13.2. The molecule has 1 aliphatic heterocycles. The maximum atomic E-state index is 12.1. The zero-order valence-corrected chi connectivity index (χ0v) is 16.8. The lowest BCUT2D eigenvalue weighted by Gasteiger charge is -2.26. The van der Waals surface area contributed by atoms with Crippen molar-refractivity contribution in [3.63, 3.8) is 0 Å². The van der Waals surface area contributed by atoms with Gasteiger partial charge in [-0.05, 0) is 62.9 Å². The van der Waals surface area contributed by atoms with Gasteiger partial charge in [-0.1, -0.05) is 23.8 Å². The minimum absolute atomic E-state index is 0.105. The number of benzene rings is 1. The summed E-state index contributed by atoms with van der Waals surface area (Å²) in [6.07, 6.45) is 3.27. The number of urea groups is 1. The average molecular weight is 388 g/mol. The van der Waals surface area contributed by atoms with Gasteiger partial charge in [0.15, 0.2) is 0 Å². The van der Waals surface area contributed by atoms with Crippen LogP contribution in [-0.2, 0) is 0 Å². The van der Waals surface area contributed by atoms with Gasteiger partial charge >= 0.3 is 6.03 Å². The highest BCUT2D eigenvalue weighted by atomic mass is 32.1. The second-order valence-electron chi connectivity index (χ2n) is 6.93. The van der Waals surface area contributed by atoms with Gasteiger partial charge in [0.1, 0.15) is 5.75 Å². The number of hydrogen-bond donors (Lipinski definition) is 2. The van der Waals surface area contributed by atoms with Crippen molar-refractivity contribution in [3.8, 4) is 5.75 Å². The third-order valence-corrected chi connectivity index (χ3v) is 5.78. The molecule has 2 aromatic rings. The molecule has 5 nitrogen and oxygen atoms in total. The quantitative estimate of drug-likeness (QED) is 0.640. The van der Waals surface area contributed by atoms with E-state index in [1.165, 1.54) is 23.3 Å². The smallest absolute Gasteiger partial charge is 0.314 e. The van der Waals surface area contributed by atoms with Crippen LogP contribution in [0, 0.1) is 6.92 Å². The number of nitrogens with zero attached hydrogens (tertiary/aromatic N) is 1. The summed E-state index contributed by atoms with van der Waals surface area (Å²) in [5.41, 5.74) is 1.22. The van der Waals surface area contributed by atoms with Crippen molar-refractivity contribution in [2.45, 2.75) is 32.2 Å². The number of rotatable bonds is 9. The van der Waals surface area contributed by atoms with Crippen molar-refractivity contribution < 1.29 is 9.53 Å². The molecule has 0 saturated carbocycles. The average Bonchev–Trinajstić information content (AvgIpc) is 3.38. The highest BCUT2D eigenvalue weighted by Gasteiger charge is 2.24. The fourth-order valence-electron chi connectivity index (χ4n) is 3.29. The molecule has 0 radical (unpaired) electrons. The maximum Gasteiger partial charge on any atom is 0.314 e. The number of ether oxygens (including phenoxy) is 1. The lowest BCUT2D eigenvalue weighted by atomic mass is 10.2. The van der Waals surface area contributed by atoms with E-state index in [0.29, 0.717) is 19.7 Å². The number of aryl methyl sites for hydroxylation is 1. The number of carbonyl (C=O) groups is 1. The second-order valence-corrected chi connectivity index (χ2v) is 7.91. The summed E-state index contributed by atoms with van der Waals surface area (Å²) in [7, 11) is 0. The van der Waals surface area contributed by atoms with E-state index in [-0.39, 0.29) is 12.1 Å². The summed E-state index contributed by atoms with van der Waals surface area (Å²) in [4.78, 5) is 15.9. The third-order valence-electron chi connectivity index (χ3n) is 4.81. The molecule has 1 atom stereocenters. The van der Waals surface area contributed by atoms with E-state index in [1.807, 2.05) is 24.3 Å². The Morgan fingerprint density at radius 1 is 1.19 bits per heavy atom. The second kappa shape index (κ2) is 10.3. The van der Waals surface area contributed by atoms with E-state index in [1.54, 1.807) is 11.3 Å². The fourth-order valence-corrected chi connectivity index (χ4v) is 4.16. The predicted octanol–water partition coefficient (Wildman–Crippen LogP) is 3.96. The molecule has 1 unspecified atom stereocenters. The predicted molar refractivity (Wildman–Crippen MR) is 111 cm³/mol. The Kier molecular flexibility index (Phi) is 7.54. The molecule has 0 spiro atoms. The monoisotopic (exact) mass is 387 g/mol. The molecule has 27 heavy (non-hydrogen) atoms. The molecular formula is C21H29N3O2S. The summed E-state index contributed by atoms with van der Waals surface area (Å²) in [6, 6.07) is 12.4. The normalized spacial score (nSPS) is 15.4. The van der Waals surface area contributed by atoms with Crippen LogP contribution in [0.15, 0.2) is 41.8 Å². The number of hydrogen-bond acceptors (Lipinski definition) is 4. The summed E-state index contributed by atoms with van der Waals surface area (Å²) in [5.74, 6) is 0.870. The topological polar surface area (TPSA) is 53.6 Å². The molecule has 0 aliphatic carbocycles. The van der Waals surface area contributed by atoms with E-state index < -0.39 is 0 Å². The van der Waals surface area contributed by atoms with Gasteiger partial charge in [0.05, 0.1) is 12.6 Å². The third kappa shape index (κ3) is 6.26. The van der Waals surface area contributed by atoms with Gasteiger partial charge in [0.25, 0.3) is 0 Å². The molecule has 2 N–H and O–H groups in total. The molecule has 1 saturated heterocycles. The Labute approximate surface area is 165 Å². The van der Waals surface area contributed by atoms with Crippen LogP contribution in [-0.4, -0.2) is 43.7 Å². The highest BCUT2D eigenvalue weighted by Crippen LogP contribution is 2.27. The van der Waals surface area contributed by atoms with Crippen molar-refractivity contribution in [2.75, 3.05) is 32.8 Å². The summed E-state index contributed by atoms with van der Waals surface area (Å²) in [5, 5.41) is 8.06. The molecule has 6 heteroatoms. The van der Waals surface area contributed by atoms with Gasteiger partial charge in [-0.2, -0.15) is 0 Å². The fraction of sp³-hybridized carbons (Fsp3) is 0.476. The van der Waals surface area contributed by atoms with E-state index >= 15 is 0 Å². The minimum atomic E-state index is -0.105. The van der Waals surface area contributed by atoms with Crippen LogP contribution in [0.5, 0.6) is 5.75 Å². The molecule has 1 aromatic heterocycles. The number of thiophene rings is 1. The first kappa shape index (κ1) is 19.7. The molecule has 2 amide bonds. The highest BCUT2D eigenvalue weighted by molar-refractivity contribution is 7.10. The van der Waals surface area contributed by atoms with Crippen LogP contribution in [0.1, 0.15) is 35.7 Å². The number of carbonyl (C=O) groups excluding carboxylic acids is 1. The van der Waals surface area contributed by atoms with Crippen LogP contribution < -0.4 is 15.4 Å². The van der Waals surface area contributed by atoms with Gasteiger partial charge in [0, 0.05) is 18.0 Å². The molecule has 2 heterocycles. The summed E-state index contributed by atoms with van der Waals surface area (Å²) < 4.78 is 5.68. The molecule has 1 aliphatic rings. The summed E-state index contributed by atoms with van der Waals surface area (Å²) in [6.45, 7) is 6.12. The van der Waals surface area contributed by atoms with Crippen LogP contribution in [0.2, 0.25) is 0 Å².